The molecular weight excluding hydrogens is 516 g/mol. The minimum atomic E-state index is -0.986. The first kappa shape index (κ1) is 27.3. The molecule has 11 nitrogen and oxygen atoms in total. The lowest BCUT2D eigenvalue weighted by Gasteiger charge is -2.43. The van der Waals surface area contributed by atoms with Gasteiger partial charge in [0.25, 0.3) is 11.8 Å². The summed E-state index contributed by atoms with van der Waals surface area (Å²) in [6, 6.07) is 15.5. The van der Waals surface area contributed by atoms with Gasteiger partial charge in [0.15, 0.2) is 0 Å². The Morgan fingerprint density at radius 1 is 0.950 bits per heavy atom. The van der Waals surface area contributed by atoms with Gasteiger partial charge in [-0.05, 0) is 43.4 Å². The van der Waals surface area contributed by atoms with Gasteiger partial charge in [-0.15, -0.1) is 0 Å². The third-order valence-electron chi connectivity index (χ3n) is 7.31. The maximum absolute atomic E-state index is 13.7. The van der Waals surface area contributed by atoms with Gasteiger partial charge in [-0.2, -0.15) is 0 Å². The number of hydrogen-bond donors (Lipinski definition) is 2. The van der Waals surface area contributed by atoms with Crippen LogP contribution in [0.25, 0.3) is 0 Å². The van der Waals surface area contributed by atoms with Crippen molar-refractivity contribution in [1.29, 1.82) is 0 Å². The van der Waals surface area contributed by atoms with E-state index in [1.807, 2.05) is 30.3 Å². The largest absolute Gasteiger partial charge is 0.433 e. The number of cyclic esters (lactones) is 1. The molecule has 2 aromatic carbocycles. The quantitative estimate of drug-likeness (QED) is 0.476. The van der Waals surface area contributed by atoms with Gasteiger partial charge in [0.1, 0.15) is 18.1 Å². The monoisotopic (exact) mass is 548 g/mol. The first-order valence-corrected chi connectivity index (χ1v) is 13.6. The molecule has 2 N–H and O–H groups in total. The van der Waals surface area contributed by atoms with E-state index in [0.29, 0.717) is 31.4 Å². The highest BCUT2D eigenvalue weighted by Crippen LogP contribution is 2.26. The molecule has 3 aliphatic heterocycles. The number of ether oxygens (including phenoxy) is 2. The second-order valence-corrected chi connectivity index (χ2v) is 10.1. The number of hydrazine groups is 1. The number of hydrogen-bond acceptors (Lipinski definition) is 7. The van der Waals surface area contributed by atoms with Gasteiger partial charge in [0, 0.05) is 18.5 Å². The number of fused-ring (bicyclic) bond motifs is 1. The van der Waals surface area contributed by atoms with Crippen LogP contribution in [0.3, 0.4) is 0 Å². The standard InChI is InChI=1S/C29H32N4O7/c34-24-14-13-21(30-26(36)20-10-5-2-6-11-20)28(38)33-23(12-7-16-32(24)33)27(37)31-22-18-25(35)40-29(22)39-17-15-19-8-3-1-4-9-19/h1-6,8-11,21-23,29H,7,12-18H2,(H,30,36)(H,31,37)/t21-,22-,23?,29?/m0/s1. The molecule has 0 aromatic heterocycles. The van der Waals surface area contributed by atoms with Gasteiger partial charge < -0.3 is 20.1 Å². The lowest BCUT2D eigenvalue weighted by atomic mass is 10.0. The zero-order valence-corrected chi connectivity index (χ0v) is 22.0. The number of nitrogens with one attached hydrogen (secondary N) is 2. The summed E-state index contributed by atoms with van der Waals surface area (Å²) < 4.78 is 11.1. The normalized spacial score (nSPS) is 24.6. The van der Waals surface area contributed by atoms with Crippen molar-refractivity contribution in [2.24, 2.45) is 0 Å². The van der Waals surface area contributed by atoms with Gasteiger partial charge >= 0.3 is 5.97 Å². The van der Waals surface area contributed by atoms with Crippen LogP contribution in [0.1, 0.15) is 48.0 Å². The lowest BCUT2D eigenvalue weighted by molar-refractivity contribution is -0.177. The number of benzene rings is 2. The second-order valence-electron chi connectivity index (χ2n) is 10.1. The van der Waals surface area contributed by atoms with E-state index in [-0.39, 0.29) is 31.8 Å². The fourth-order valence-corrected chi connectivity index (χ4v) is 5.26. The van der Waals surface area contributed by atoms with Crippen LogP contribution < -0.4 is 10.6 Å². The second kappa shape index (κ2) is 12.3. The van der Waals surface area contributed by atoms with Crippen molar-refractivity contribution in [2.75, 3.05) is 13.2 Å². The van der Waals surface area contributed by atoms with E-state index in [0.717, 1.165) is 5.56 Å². The predicted octanol–water partition coefficient (Wildman–Crippen LogP) is 1.33. The van der Waals surface area contributed by atoms with E-state index in [1.165, 1.54) is 10.0 Å². The third-order valence-corrected chi connectivity index (χ3v) is 7.31. The minimum absolute atomic E-state index is 0.0542. The van der Waals surface area contributed by atoms with Crippen molar-refractivity contribution in [1.82, 2.24) is 20.7 Å². The van der Waals surface area contributed by atoms with E-state index in [4.69, 9.17) is 9.47 Å². The van der Waals surface area contributed by atoms with Gasteiger partial charge in [-0.3, -0.25) is 29.0 Å². The first-order valence-electron chi connectivity index (χ1n) is 13.6. The first-order chi connectivity index (χ1) is 19.4. The molecule has 5 rings (SSSR count). The van der Waals surface area contributed by atoms with Crippen molar-refractivity contribution in [3.05, 3.63) is 71.8 Å². The maximum atomic E-state index is 13.7. The third kappa shape index (κ3) is 6.15. The lowest BCUT2D eigenvalue weighted by Crippen LogP contribution is -2.64. The molecule has 0 bridgehead atoms. The molecule has 210 valence electrons. The number of carbonyl (C=O) groups is 5. The summed E-state index contributed by atoms with van der Waals surface area (Å²) >= 11 is 0. The van der Waals surface area contributed by atoms with Crippen LogP contribution >= 0.6 is 0 Å². The molecule has 0 spiro atoms. The molecule has 2 aromatic rings. The highest BCUT2D eigenvalue weighted by atomic mass is 16.7. The fourth-order valence-electron chi connectivity index (χ4n) is 5.26. The molecule has 11 heteroatoms. The van der Waals surface area contributed by atoms with Crippen LogP contribution in [0.5, 0.6) is 0 Å². The SMILES string of the molecule is O=C1C[C@H](NC(=O)C2CCCN3C(=O)CC[C@H](NC(=O)c4ccccc4)C(=O)N23)C(OCCc2ccccc2)O1. The topological polar surface area (TPSA) is 134 Å². The van der Waals surface area contributed by atoms with Crippen molar-refractivity contribution < 1.29 is 33.4 Å². The highest BCUT2D eigenvalue weighted by molar-refractivity contribution is 5.99. The number of nitrogens with zero attached hydrogens (tertiary/aromatic N) is 2. The molecule has 0 aliphatic carbocycles. The molecule has 3 saturated heterocycles. The van der Waals surface area contributed by atoms with Crippen LogP contribution in [0, 0.1) is 0 Å². The summed E-state index contributed by atoms with van der Waals surface area (Å²) in [7, 11) is 0. The Bertz CT molecular complexity index is 1260. The summed E-state index contributed by atoms with van der Waals surface area (Å²) in [5, 5.41) is 8.06. The summed E-state index contributed by atoms with van der Waals surface area (Å²) in [4.78, 5) is 65.0. The molecule has 4 amide bonds. The van der Waals surface area contributed by atoms with Crippen LogP contribution in [0.15, 0.2) is 60.7 Å². The number of carbonyl (C=O) groups excluding carboxylic acids is 5. The predicted molar refractivity (Wildman–Crippen MR) is 141 cm³/mol. The molecule has 3 aliphatic rings. The van der Waals surface area contributed by atoms with Crippen molar-refractivity contribution in [3.8, 4) is 0 Å². The van der Waals surface area contributed by atoms with Crippen molar-refractivity contribution in [2.45, 2.75) is 62.9 Å². The van der Waals surface area contributed by atoms with Gasteiger partial charge in [0.2, 0.25) is 18.1 Å². The summed E-state index contributed by atoms with van der Waals surface area (Å²) in [5.41, 5.74) is 1.45. The summed E-state index contributed by atoms with van der Waals surface area (Å²) in [5.74, 6) is -2.26. The zero-order chi connectivity index (χ0) is 28.1. The molecule has 3 fully saturated rings. The van der Waals surface area contributed by atoms with E-state index in [1.54, 1.807) is 30.3 Å². The average Bonchev–Trinajstić information content (AvgIpc) is 3.27. The smallest absolute Gasteiger partial charge is 0.310 e. The van der Waals surface area contributed by atoms with E-state index < -0.39 is 48.1 Å². The molecule has 40 heavy (non-hydrogen) atoms. The Hall–Kier alpha value is -4.25. The van der Waals surface area contributed by atoms with E-state index in [9.17, 15) is 24.0 Å². The van der Waals surface area contributed by atoms with Crippen LogP contribution in [-0.2, 0) is 35.1 Å². The van der Waals surface area contributed by atoms with Gasteiger partial charge in [-0.25, -0.2) is 5.01 Å². The Labute approximate surface area is 231 Å². The summed E-state index contributed by atoms with van der Waals surface area (Å²) in [6.45, 7) is 0.581. The average molecular weight is 549 g/mol. The molecule has 0 saturated carbocycles. The molecular formula is C29H32N4O7. The number of esters is 1. The maximum Gasteiger partial charge on any atom is 0.310 e. The fraction of sp³-hybridized carbons (Fsp3) is 0.414. The van der Waals surface area contributed by atoms with Crippen LogP contribution in [-0.4, -0.2) is 77.2 Å². The van der Waals surface area contributed by atoms with Crippen LogP contribution in [0.4, 0.5) is 0 Å². The van der Waals surface area contributed by atoms with Crippen molar-refractivity contribution in [3.63, 3.8) is 0 Å². The zero-order valence-electron chi connectivity index (χ0n) is 22.0. The Kier molecular flexibility index (Phi) is 8.40. The number of amides is 4. The highest BCUT2D eigenvalue weighted by Gasteiger charge is 2.46. The number of rotatable bonds is 8. The molecule has 0 radical (unpaired) electrons. The van der Waals surface area contributed by atoms with Gasteiger partial charge in [-0.1, -0.05) is 48.5 Å². The Morgan fingerprint density at radius 3 is 2.42 bits per heavy atom. The van der Waals surface area contributed by atoms with E-state index in [2.05, 4.69) is 10.6 Å². The summed E-state index contributed by atoms with van der Waals surface area (Å²) in [6.07, 6.45) is 0.597. The van der Waals surface area contributed by atoms with Gasteiger partial charge in [0.05, 0.1) is 13.0 Å². The molecule has 2 unspecified atom stereocenters. The Morgan fingerprint density at radius 2 is 1.68 bits per heavy atom. The van der Waals surface area contributed by atoms with E-state index >= 15 is 0 Å². The molecule has 4 atom stereocenters. The minimum Gasteiger partial charge on any atom is -0.433 e. The Balaban J connectivity index is 1.26. The molecule has 3 heterocycles. The van der Waals surface area contributed by atoms with Crippen molar-refractivity contribution >= 4 is 29.6 Å². The van der Waals surface area contributed by atoms with Crippen LogP contribution in [0.2, 0.25) is 0 Å².